The van der Waals surface area contributed by atoms with Gasteiger partial charge in [0.25, 0.3) is 5.91 Å². The standard InChI is InChI=1S/C16H16N2O2S/c1-18-7-5-12-13(3-2-4-14(12)18)16(20)17-9-15(19)11-6-8-21-10-11/h2-8,10,15,19H,9H2,1H3,(H,17,20). The number of rotatable bonds is 4. The number of hydrogen-bond acceptors (Lipinski definition) is 3. The summed E-state index contributed by atoms with van der Waals surface area (Å²) in [6.07, 6.45) is 1.26. The monoisotopic (exact) mass is 300 g/mol. The number of nitrogens with zero attached hydrogens (tertiary/aromatic N) is 1. The summed E-state index contributed by atoms with van der Waals surface area (Å²) >= 11 is 1.53. The van der Waals surface area contributed by atoms with Gasteiger partial charge in [0.2, 0.25) is 0 Å². The van der Waals surface area contributed by atoms with E-state index in [0.717, 1.165) is 16.5 Å². The maximum absolute atomic E-state index is 12.3. The minimum Gasteiger partial charge on any atom is -0.387 e. The third-order valence-electron chi connectivity index (χ3n) is 3.56. The molecule has 4 nitrogen and oxygen atoms in total. The molecule has 5 heteroatoms. The van der Waals surface area contributed by atoms with Crippen molar-refractivity contribution in [3.05, 3.63) is 58.4 Å². The molecule has 1 unspecified atom stereocenters. The SMILES string of the molecule is Cn1ccc2c(C(=O)NCC(O)c3ccsc3)cccc21. The number of benzene rings is 1. The van der Waals surface area contributed by atoms with Gasteiger partial charge in [-0.05, 0) is 40.6 Å². The highest BCUT2D eigenvalue weighted by Gasteiger charge is 2.14. The van der Waals surface area contributed by atoms with Gasteiger partial charge in [0.05, 0.1) is 6.10 Å². The summed E-state index contributed by atoms with van der Waals surface area (Å²) in [7, 11) is 1.95. The van der Waals surface area contributed by atoms with Crippen LogP contribution in [0.25, 0.3) is 10.9 Å². The molecule has 0 spiro atoms. The van der Waals surface area contributed by atoms with E-state index in [1.165, 1.54) is 11.3 Å². The highest BCUT2D eigenvalue weighted by Crippen LogP contribution is 2.20. The number of carbonyl (C=O) groups excluding carboxylic acids is 1. The lowest BCUT2D eigenvalue weighted by atomic mass is 10.1. The minimum atomic E-state index is -0.671. The maximum Gasteiger partial charge on any atom is 0.252 e. The summed E-state index contributed by atoms with van der Waals surface area (Å²) in [6.45, 7) is 0.207. The number of nitrogens with one attached hydrogen (secondary N) is 1. The third-order valence-corrected chi connectivity index (χ3v) is 4.26. The molecule has 3 rings (SSSR count). The molecule has 21 heavy (non-hydrogen) atoms. The Morgan fingerprint density at radius 2 is 2.24 bits per heavy atom. The number of fused-ring (bicyclic) bond motifs is 1. The van der Waals surface area contributed by atoms with Crippen LogP contribution in [0.15, 0.2) is 47.3 Å². The van der Waals surface area contributed by atoms with E-state index < -0.39 is 6.10 Å². The number of thiophene rings is 1. The Morgan fingerprint density at radius 3 is 3.00 bits per heavy atom. The van der Waals surface area contributed by atoms with Crippen LogP contribution in [0, 0.1) is 0 Å². The van der Waals surface area contributed by atoms with Crippen molar-refractivity contribution in [3.8, 4) is 0 Å². The molecule has 0 fully saturated rings. The molecule has 0 saturated heterocycles. The largest absolute Gasteiger partial charge is 0.387 e. The lowest BCUT2D eigenvalue weighted by Crippen LogP contribution is -2.28. The zero-order valence-electron chi connectivity index (χ0n) is 11.6. The molecule has 0 radical (unpaired) electrons. The van der Waals surface area contributed by atoms with E-state index in [2.05, 4.69) is 5.32 Å². The van der Waals surface area contributed by atoms with E-state index in [1.807, 2.05) is 52.8 Å². The minimum absolute atomic E-state index is 0.166. The molecule has 0 aliphatic rings. The zero-order chi connectivity index (χ0) is 14.8. The first-order valence-electron chi connectivity index (χ1n) is 6.69. The highest BCUT2D eigenvalue weighted by atomic mass is 32.1. The number of carbonyl (C=O) groups is 1. The zero-order valence-corrected chi connectivity index (χ0v) is 12.4. The highest BCUT2D eigenvalue weighted by molar-refractivity contribution is 7.07. The molecule has 0 aliphatic heterocycles. The van der Waals surface area contributed by atoms with E-state index >= 15 is 0 Å². The first-order chi connectivity index (χ1) is 10.2. The van der Waals surface area contributed by atoms with Gasteiger partial charge < -0.3 is 15.0 Å². The van der Waals surface area contributed by atoms with Crippen LogP contribution in [0.3, 0.4) is 0 Å². The smallest absolute Gasteiger partial charge is 0.252 e. The lowest BCUT2D eigenvalue weighted by molar-refractivity contribution is 0.0918. The Bertz CT molecular complexity index is 762. The first kappa shape index (κ1) is 13.9. The molecule has 1 amide bonds. The van der Waals surface area contributed by atoms with E-state index in [9.17, 15) is 9.90 Å². The van der Waals surface area contributed by atoms with Crippen molar-refractivity contribution >= 4 is 28.1 Å². The maximum atomic E-state index is 12.3. The van der Waals surface area contributed by atoms with Gasteiger partial charge in [-0.25, -0.2) is 0 Å². The van der Waals surface area contributed by atoms with Crippen LogP contribution in [0.4, 0.5) is 0 Å². The Kier molecular flexibility index (Phi) is 3.77. The van der Waals surface area contributed by atoms with Gasteiger partial charge in [0.15, 0.2) is 0 Å². The van der Waals surface area contributed by atoms with Crippen molar-refractivity contribution in [1.29, 1.82) is 0 Å². The van der Waals surface area contributed by atoms with Crippen molar-refractivity contribution < 1.29 is 9.90 Å². The Balaban J connectivity index is 1.75. The van der Waals surface area contributed by atoms with Gasteiger partial charge in [-0.15, -0.1) is 0 Å². The molecule has 0 bridgehead atoms. The second-order valence-corrected chi connectivity index (χ2v) is 5.73. The Labute approximate surface area is 126 Å². The van der Waals surface area contributed by atoms with E-state index in [1.54, 1.807) is 6.07 Å². The van der Waals surface area contributed by atoms with Crippen LogP contribution in [-0.2, 0) is 7.05 Å². The number of aliphatic hydroxyl groups is 1. The summed E-state index contributed by atoms with van der Waals surface area (Å²) in [5.41, 5.74) is 2.48. The van der Waals surface area contributed by atoms with Crippen molar-refractivity contribution in [2.24, 2.45) is 7.05 Å². The number of aryl methyl sites for hydroxylation is 1. The van der Waals surface area contributed by atoms with Crippen molar-refractivity contribution in [1.82, 2.24) is 9.88 Å². The normalized spacial score (nSPS) is 12.5. The van der Waals surface area contributed by atoms with Gasteiger partial charge >= 0.3 is 0 Å². The van der Waals surface area contributed by atoms with E-state index in [4.69, 9.17) is 0 Å². The molecular formula is C16H16N2O2S. The van der Waals surface area contributed by atoms with Crippen molar-refractivity contribution in [2.75, 3.05) is 6.54 Å². The van der Waals surface area contributed by atoms with Gasteiger partial charge in [0, 0.05) is 36.3 Å². The summed E-state index contributed by atoms with van der Waals surface area (Å²) in [4.78, 5) is 12.3. The second kappa shape index (κ2) is 5.71. The molecule has 0 saturated carbocycles. The predicted octanol–water partition coefficient (Wildman–Crippen LogP) is 2.70. The van der Waals surface area contributed by atoms with E-state index in [-0.39, 0.29) is 12.5 Å². The van der Waals surface area contributed by atoms with E-state index in [0.29, 0.717) is 5.56 Å². The first-order valence-corrected chi connectivity index (χ1v) is 7.63. The summed E-state index contributed by atoms with van der Waals surface area (Å²) < 4.78 is 1.98. The molecule has 2 aromatic heterocycles. The number of aliphatic hydroxyl groups excluding tert-OH is 1. The average Bonchev–Trinajstić information content (AvgIpc) is 3.14. The molecule has 0 aliphatic carbocycles. The van der Waals surface area contributed by atoms with Gasteiger partial charge in [-0.2, -0.15) is 11.3 Å². The van der Waals surface area contributed by atoms with Crippen LogP contribution in [-0.4, -0.2) is 22.1 Å². The lowest BCUT2D eigenvalue weighted by Gasteiger charge is -2.11. The quantitative estimate of drug-likeness (QED) is 0.778. The fraction of sp³-hybridized carbons (Fsp3) is 0.188. The molecule has 1 atom stereocenters. The second-order valence-electron chi connectivity index (χ2n) is 4.95. The number of hydrogen-bond donors (Lipinski definition) is 2. The van der Waals surface area contributed by atoms with Crippen LogP contribution >= 0.6 is 11.3 Å². The third kappa shape index (κ3) is 2.70. The van der Waals surface area contributed by atoms with Crippen molar-refractivity contribution in [2.45, 2.75) is 6.10 Å². The predicted molar refractivity (Wildman–Crippen MR) is 84.5 cm³/mol. The number of amides is 1. The molecular weight excluding hydrogens is 284 g/mol. The van der Waals surface area contributed by atoms with Crippen LogP contribution in [0.5, 0.6) is 0 Å². The summed E-state index contributed by atoms with van der Waals surface area (Å²) in [5.74, 6) is -0.166. The van der Waals surface area contributed by atoms with Gasteiger partial charge in [0.1, 0.15) is 0 Å². The van der Waals surface area contributed by atoms with Crippen LogP contribution < -0.4 is 5.32 Å². The fourth-order valence-corrected chi connectivity index (χ4v) is 3.07. The molecule has 108 valence electrons. The summed E-state index contributed by atoms with van der Waals surface area (Å²) in [5, 5.41) is 17.5. The van der Waals surface area contributed by atoms with Crippen LogP contribution in [0.2, 0.25) is 0 Å². The average molecular weight is 300 g/mol. The van der Waals surface area contributed by atoms with Gasteiger partial charge in [-0.1, -0.05) is 6.07 Å². The molecule has 1 aromatic carbocycles. The summed E-state index contributed by atoms with van der Waals surface area (Å²) in [6, 6.07) is 9.44. The number of aromatic nitrogens is 1. The van der Waals surface area contributed by atoms with Gasteiger partial charge in [-0.3, -0.25) is 4.79 Å². The van der Waals surface area contributed by atoms with Crippen LogP contribution in [0.1, 0.15) is 22.0 Å². The molecule has 2 heterocycles. The fourth-order valence-electron chi connectivity index (χ4n) is 2.37. The molecule has 2 N–H and O–H groups in total. The molecule has 3 aromatic rings. The Hall–Kier alpha value is -2.11. The topological polar surface area (TPSA) is 54.3 Å². The van der Waals surface area contributed by atoms with Crippen molar-refractivity contribution in [3.63, 3.8) is 0 Å². The Morgan fingerprint density at radius 1 is 1.38 bits per heavy atom.